The van der Waals surface area contributed by atoms with E-state index in [-0.39, 0.29) is 5.69 Å². The molecule has 7 nitrogen and oxygen atoms in total. The van der Waals surface area contributed by atoms with Crippen molar-refractivity contribution in [1.29, 1.82) is 0 Å². The predicted octanol–water partition coefficient (Wildman–Crippen LogP) is 3.53. The molecule has 2 N–H and O–H groups in total. The number of alkyl halides is 3. The molecule has 0 saturated heterocycles. The number of para-hydroxylation sites is 1. The molecule has 1 aliphatic carbocycles. The summed E-state index contributed by atoms with van der Waals surface area (Å²) < 4.78 is 39.7. The molecule has 0 saturated carbocycles. The molecule has 0 fully saturated rings. The van der Waals surface area contributed by atoms with E-state index in [4.69, 9.17) is 0 Å². The highest BCUT2D eigenvalue weighted by molar-refractivity contribution is 6.03. The lowest BCUT2D eigenvalue weighted by atomic mass is 10.1. The molecular weight excluding hydrogens is 373 g/mol. The van der Waals surface area contributed by atoms with Gasteiger partial charge in [-0.15, -0.1) is 5.10 Å². The molecule has 3 aromatic rings. The van der Waals surface area contributed by atoms with E-state index >= 15 is 0 Å². The van der Waals surface area contributed by atoms with Gasteiger partial charge < -0.3 is 0 Å². The van der Waals surface area contributed by atoms with E-state index in [0.29, 0.717) is 6.42 Å². The van der Waals surface area contributed by atoms with Crippen molar-refractivity contribution in [1.82, 2.24) is 25.0 Å². The zero-order valence-electron chi connectivity index (χ0n) is 14.8. The molecular formula is C18H17F3N6O. The zero-order chi connectivity index (χ0) is 19.7. The van der Waals surface area contributed by atoms with Gasteiger partial charge in [-0.2, -0.15) is 23.3 Å². The first-order valence-electron chi connectivity index (χ1n) is 8.90. The molecule has 0 aliphatic heterocycles. The molecule has 0 radical (unpaired) electrons. The van der Waals surface area contributed by atoms with Gasteiger partial charge in [0.1, 0.15) is 0 Å². The third-order valence-electron chi connectivity index (χ3n) is 4.63. The van der Waals surface area contributed by atoms with Crippen molar-refractivity contribution in [2.24, 2.45) is 0 Å². The smallest absolute Gasteiger partial charge is 0.288 e. The van der Waals surface area contributed by atoms with Gasteiger partial charge in [0, 0.05) is 11.3 Å². The van der Waals surface area contributed by atoms with Crippen molar-refractivity contribution in [3.05, 3.63) is 53.1 Å². The van der Waals surface area contributed by atoms with Gasteiger partial charge in [-0.3, -0.25) is 15.2 Å². The normalized spacial score (nSPS) is 14.4. The summed E-state index contributed by atoms with van der Waals surface area (Å²) in [6, 6.07) is 9.44. The molecule has 0 bridgehead atoms. The average Bonchev–Trinajstić information content (AvgIpc) is 3.20. The standard InChI is InChI=1S/C18H17F3N6O/c19-18(20,21)16-23-17(25-24-16)22-15(28)14-12-9-5-2-6-10-13(12)27(26-14)11-7-3-1-4-8-11/h1,3-4,7-8H,2,5-6,9-10H2,(H2,22,23,24,25,28). The van der Waals surface area contributed by atoms with Gasteiger partial charge >= 0.3 is 6.18 Å². The van der Waals surface area contributed by atoms with Crippen LogP contribution in [-0.4, -0.2) is 30.9 Å². The fourth-order valence-electron chi connectivity index (χ4n) is 3.35. The highest BCUT2D eigenvalue weighted by Gasteiger charge is 2.35. The molecule has 1 aliphatic rings. The maximum Gasteiger partial charge on any atom is 0.451 e. The Morgan fingerprint density at radius 1 is 1.11 bits per heavy atom. The Hall–Kier alpha value is -3.17. The van der Waals surface area contributed by atoms with E-state index < -0.39 is 23.9 Å². The van der Waals surface area contributed by atoms with Crippen molar-refractivity contribution in [3.63, 3.8) is 0 Å². The van der Waals surface area contributed by atoms with E-state index in [1.54, 1.807) is 9.78 Å². The number of aromatic nitrogens is 5. The first-order valence-corrected chi connectivity index (χ1v) is 8.90. The molecule has 28 heavy (non-hydrogen) atoms. The van der Waals surface area contributed by atoms with Crippen LogP contribution in [0.1, 0.15) is 46.8 Å². The Balaban J connectivity index is 1.68. The molecule has 1 amide bonds. The summed E-state index contributed by atoms with van der Waals surface area (Å²) in [4.78, 5) is 16.0. The predicted molar refractivity (Wildman–Crippen MR) is 94.2 cm³/mol. The van der Waals surface area contributed by atoms with Crippen LogP contribution in [0.3, 0.4) is 0 Å². The van der Waals surface area contributed by atoms with E-state index in [2.05, 4.69) is 20.5 Å². The number of anilines is 1. The fraction of sp³-hybridized carbons (Fsp3) is 0.333. The second-order valence-electron chi connectivity index (χ2n) is 6.54. The van der Waals surface area contributed by atoms with Crippen molar-refractivity contribution >= 4 is 11.9 Å². The summed E-state index contributed by atoms with van der Waals surface area (Å²) in [5, 5.41) is 12.0. The van der Waals surface area contributed by atoms with Crippen molar-refractivity contribution in [2.75, 3.05) is 5.32 Å². The molecule has 10 heteroatoms. The number of carbonyl (C=O) groups excluding carboxylic acids is 1. The van der Waals surface area contributed by atoms with Gasteiger partial charge in [0.15, 0.2) is 5.69 Å². The van der Waals surface area contributed by atoms with Crippen LogP contribution >= 0.6 is 0 Å². The number of nitrogens with zero attached hydrogens (tertiary/aromatic N) is 4. The summed E-state index contributed by atoms with van der Waals surface area (Å²) in [5.74, 6) is -2.33. The molecule has 4 rings (SSSR count). The largest absolute Gasteiger partial charge is 0.451 e. The summed E-state index contributed by atoms with van der Waals surface area (Å²) in [6.45, 7) is 0. The third-order valence-corrected chi connectivity index (χ3v) is 4.63. The molecule has 146 valence electrons. The number of amides is 1. The number of aromatic amines is 1. The van der Waals surface area contributed by atoms with Gasteiger partial charge in [0.25, 0.3) is 5.91 Å². The lowest BCUT2D eigenvalue weighted by Gasteiger charge is -2.06. The van der Waals surface area contributed by atoms with Crippen LogP contribution in [-0.2, 0) is 19.0 Å². The lowest BCUT2D eigenvalue weighted by Crippen LogP contribution is -2.16. The van der Waals surface area contributed by atoms with E-state index in [0.717, 1.165) is 42.6 Å². The van der Waals surface area contributed by atoms with Gasteiger partial charge in [0.05, 0.1) is 5.69 Å². The number of rotatable bonds is 3. The monoisotopic (exact) mass is 390 g/mol. The number of fused-ring (bicyclic) bond motifs is 1. The Bertz CT molecular complexity index is 993. The number of nitrogens with one attached hydrogen (secondary N) is 2. The van der Waals surface area contributed by atoms with Crippen LogP contribution in [0.15, 0.2) is 30.3 Å². The minimum absolute atomic E-state index is 0.194. The minimum Gasteiger partial charge on any atom is -0.288 e. The number of hydrogen-bond acceptors (Lipinski definition) is 4. The maximum absolute atomic E-state index is 12.7. The van der Waals surface area contributed by atoms with E-state index in [1.807, 2.05) is 30.3 Å². The van der Waals surface area contributed by atoms with Crippen LogP contribution in [0.5, 0.6) is 0 Å². The zero-order valence-corrected chi connectivity index (χ0v) is 14.8. The van der Waals surface area contributed by atoms with Gasteiger partial charge in [0.2, 0.25) is 11.8 Å². The van der Waals surface area contributed by atoms with Crippen LogP contribution in [0.2, 0.25) is 0 Å². The summed E-state index contributed by atoms with van der Waals surface area (Å²) >= 11 is 0. The summed E-state index contributed by atoms with van der Waals surface area (Å²) in [5.41, 5.74) is 2.81. The number of H-pyrrole nitrogens is 1. The number of hydrogen-bond donors (Lipinski definition) is 2. The number of benzene rings is 1. The molecule has 0 spiro atoms. The second kappa shape index (κ2) is 7.10. The first kappa shape index (κ1) is 18.2. The SMILES string of the molecule is O=C(Nc1n[nH]c(C(F)(F)F)n1)c1nn(-c2ccccc2)c2c1CCCCC2. The summed E-state index contributed by atoms with van der Waals surface area (Å²) in [6.07, 6.45) is -0.243. The molecule has 1 aromatic carbocycles. The summed E-state index contributed by atoms with van der Waals surface area (Å²) in [7, 11) is 0. The third kappa shape index (κ3) is 3.49. The van der Waals surface area contributed by atoms with Gasteiger partial charge in [-0.05, 0) is 37.8 Å². The minimum atomic E-state index is -4.66. The molecule has 0 unspecified atom stereocenters. The Labute approximate surface area is 158 Å². The number of halogens is 3. The molecule has 0 atom stereocenters. The van der Waals surface area contributed by atoms with Crippen LogP contribution in [0.4, 0.5) is 19.1 Å². The Kier molecular flexibility index (Phi) is 4.62. The van der Waals surface area contributed by atoms with E-state index in [9.17, 15) is 18.0 Å². The van der Waals surface area contributed by atoms with Gasteiger partial charge in [-0.1, -0.05) is 24.6 Å². The topological polar surface area (TPSA) is 88.5 Å². The van der Waals surface area contributed by atoms with Crippen LogP contribution in [0.25, 0.3) is 5.69 Å². The Morgan fingerprint density at radius 2 is 1.86 bits per heavy atom. The van der Waals surface area contributed by atoms with Crippen LogP contribution < -0.4 is 5.32 Å². The quantitative estimate of drug-likeness (QED) is 0.670. The van der Waals surface area contributed by atoms with Crippen molar-refractivity contribution in [2.45, 2.75) is 38.3 Å². The first-order chi connectivity index (χ1) is 13.4. The Morgan fingerprint density at radius 3 is 2.57 bits per heavy atom. The van der Waals surface area contributed by atoms with Crippen molar-refractivity contribution < 1.29 is 18.0 Å². The highest BCUT2D eigenvalue weighted by Crippen LogP contribution is 2.28. The average molecular weight is 390 g/mol. The molecule has 2 heterocycles. The second-order valence-corrected chi connectivity index (χ2v) is 6.54. The van der Waals surface area contributed by atoms with Crippen molar-refractivity contribution in [3.8, 4) is 5.69 Å². The van der Waals surface area contributed by atoms with E-state index in [1.165, 1.54) is 0 Å². The highest BCUT2D eigenvalue weighted by atomic mass is 19.4. The van der Waals surface area contributed by atoms with Crippen LogP contribution in [0, 0.1) is 0 Å². The fourth-order valence-corrected chi connectivity index (χ4v) is 3.35. The number of carbonyl (C=O) groups is 1. The molecule has 2 aromatic heterocycles. The lowest BCUT2D eigenvalue weighted by molar-refractivity contribution is -0.144. The maximum atomic E-state index is 12.7. The van der Waals surface area contributed by atoms with Gasteiger partial charge in [-0.25, -0.2) is 4.68 Å².